The summed E-state index contributed by atoms with van der Waals surface area (Å²) >= 11 is 0. The molecule has 1 heterocycles. The second-order valence-electron chi connectivity index (χ2n) is 5.74. The van der Waals surface area contributed by atoms with Crippen LogP contribution < -0.4 is 15.4 Å². The zero-order valence-corrected chi connectivity index (χ0v) is 14.9. The molecule has 0 saturated heterocycles. The van der Waals surface area contributed by atoms with E-state index < -0.39 is 0 Å². The van der Waals surface area contributed by atoms with E-state index in [1.165, 1.54) is 6.92 Å². The van der Waals surface area contributed by atoms with Crippen LogP contribution in [-0.2, 0) is 4.79 Å². The minimum atomic E-state index is -0.256. The highest BCUT2D eigenvalue weighted by Gasteiger charge is 2.17. The molecule has 0 spiro atoms. The Bertz CT molecular complexity index is 774. The van der Waals surface area contributed by atoms with E-state index in [0.717, 1.165) is 11.3 Å². The number of hydrogen-bond donors (Lipinski definition) is 2. The van der Waals surface area contributed by atoms with Gasteiger partial charge in [-0.25, -0.2) is 4.98 Å². The first-order valence-corrected chi connectivity index (χ1v) is 8.19. The van der Waals surface area contributed by atoms with Crippen molar-refractivity contribution in [1.82, 2.24) is 10.3 Å². The Morgan fingerprint density at radius 3 is 2.68 bits per heavy atom. The average Bonchev–Trinajstić information content (AvgIpc) is 2.54. The second-order valence-corrected chi connectivity index (χ2v) is 5.74. The van der Waals surface area contributed by atoms with E-state index in [1.54, 1.807) is 18.2 Å². The molecule has 2 aromatic rings. The Balaban J connectivity index is 2.16. The monoisotopic (exact) mass is 341 g/mol. The number of hydrogen-bond acceptors (Lipinski definition) is 4. The van der Waals surface area contributed by atoms with Crippen LogP contribution in [0.2, 0.25) is 0 Å². The highest BCUT2D eigenvalue weighted by atomic mass is 16.5. The third-order valence-electron chi connectivity index (χ3n) is 3.58. The molecular formula is C19H23N3O3. The van der Waals surface area contributed by atoms with Gasteiger partial charge in [-0.3, -0.25) is 9.59 Å². The molecule has 0 aliphatic rings. The minimum absolute atomic E-state index is 0.138. The summed E-state index contributed by atoms with van der Waals surface area (Å²) in [5.41, 5.74) is 2.77. The zero-order chi connectivity index (χ0) is 18.4. The number of aromatic nitrogens is 1. The van der Waals surface area contributed by atoms with Gasteiger partial charge in [-0.1, -0.05) is 12.1 Å². The Labute approximate surface area is 147 Å². The SMILES string of the molecule is CCOc1nc(C)ccc1C(=O)N[C@H](C)c1cccc(NC(C)=O)c1. The molecule has 0 aliphatic heterocycles. The summed E-state index contributed by atoms with van der Waals surface area (Å²) < 4.78 is 5.47. The Morgan fingerprint density at radius 2 is 2.00 bits per heavy atom. The number of carbonyl (C=O) groups is 2. The van der Waals surface area contributed by atoms with E-state index in [4.69, 9.17) is 4.74 Å². The van der Waals surface area contributed by atoms with Gasteiger partial charge >= 0.3 is 0 Å². The number of nitrogens with zero attached hydrogens (tertiary/aromatic N) is 1. The van der Waals surface area contributed by atoms with Gasteiger partial charge < -0.3 is 15.4 Å². The van der Waals surface area contributed by atoms with Gasteiger partial charge in [0.05, 0.1) is 12.6 Å². The number of anilines is 1. The quantitative estimate of drug-likeness (QED) is 0.845. The molecule has 2 N–H and O–H groups in total. The first-order valence-electron chi connectivity index (χ1n) is 8.19. The number of pyridine rings is 1. The predicted molar refractivity (Wildman–Crippen MR) is 96.8 cm³/mol. The van der Waals surface area contributed by atoms with Crippen LogP contribution in [0.5, 0.6) is 5.88 Å². The second kappa shape index (κ2) is 8.28. The molecule has 0 bridgehead atoms. The van der Waals surface area contributed by atoms with E-state index in [1.807, 2.05) is 39.0 Å². The predicted octanol–water partition coefficient (Wildman–Crippen LogP) is 3.24. The van der Waals surface area contributed by atoms with Gasteiger partial charge in [-0.05, 0) is 50.6 Å². The van der Waals surface area contributed by atoms with Crippen LogP contribution in [-0.4, -0.2) is 23.4 Å². The van der Waals surface area contributed by atoms with Crippen molar-refractivity contribution in [3.05, 3.63) is 53.2 Å². The van der Waals surface area contributed by atoms with Gasteiger partial charge in [0.25, 0.3) is 5.91 Å². The number of carbonyl (C=O) groups excluding carboxylic acids is 2. The summed E-state index contributed by atoms with van der Waals surface area (Å²) in [6.07, 6.45) is 0. The van der Waals surface area contributed by atoms with Crippen molar-refractivity contribution in [2.75, 3.05) is 11.9 Å². The van der Waals surface area contributed by atoms with Gasteiger partial charge in [-0.2, -0.15) is 0 Å². The van der Waals surface area contributed by atoms with Crippen molar-refractivity contribution < 1.29 is 14.3 Å². The van der Waals surface area contributed by atoms with Crippen LogP contribution in [0.4, 0.5) is 5.69 Å². The summed E-state index contributed by atoms with van der Waals surface area (Å²) in [7, 11) is 0. The Kier molecular flexibility index (Phi) is 6.11. The summed E-state index contributed by atoms with van der Waals surface area (Å²) in [5.74, 6) is -0.0616. The lowest BCUT2D eigenvalue weighted by Crippen LogP contribution is -2.27. The molecule has 0 aliphatic carbocycles. The van der Waals surface area contributed by atoms with Crippen molar-refractivity contribution in [1.29, 1.82) is 0 Å². The van der Waals surface area contributed by atoms with E-state index in [9.17, 15) is 9.59 Å². The van der Waals surface area contributed by atoms with Crippen molar-refractivity contribution in [3.63, 3.8) is 0 Å². The van der Waals surface area contributed by atoms with E-state index in [2.05, 4.69) is 15.6 Å². The van der Waals surface area contributed by atoms with E-state index in [-0.39, 0.29) is 17.9 Å². The number of aryl methyl sites for hydroxylation is 1. The molecule has 1 aromatic heterocycles. The maximum absolute atomic E-state index is 12.6. The first kappa shape index (κ1) is 18.4. The average molecular weight is 341 g/mol. The topological polar surface area (TPSA) is 80.3 Å². The summed E-state index contributed by atoms with van der Waals surface area (Å²) in [4.78, 5) is 28.1. The number of benzene rings is 1. The summed E-state index contributed by atoms with van der Waals surface area (Å²) in [6.45, 7) is 7.47. The first-order chi connectivity index (χ1) is 11.9. The highest BCUT2D eigenvalue weighted by Crippen LogP contribution is 2.20. The molecule has 25 heavy (non-hydrogen) atoms. The summed E-state index contributed by atoms with van der Waals surface area (Å²) in [5, 5.41) is 5.68. The van der Waals surface area contributed by atoms with Crippen LogP contribution in [0.3, 0.4) is 0 Å². The summed E-state index contributed by atoms with van der Waals surface area (Å²) in [6, 6.07) is 10.6. The van der Waals surface area contributed by atoms with E-state index in [0.29, 0.717) is 23.7 Å². The molecule has 1 atom stereocenters. The van der Waals surface area contributed by atoms with Crippen LogP contribution in [0.15, 0.2) is 36.4 Å². The lowest BCUT2D eigenvalue weighted by atomic mass is 10.1. The molecule has 0 saturated carbocycles. The van der Waals surface area contributed by atoms with Gasteiger partial charge in [-0.15, -0.1) is 0 Å². The fourth-order valence-corrected chi connectivity index (χ4v) is 2.40. The molecule has 6 nitrogen and oxygen atoms in total. The highest BCUT2D eigenvalue weighted by molar-refractivity contribution is 5.96. The largest absolute Gasteiger partial charge is 0.477 e. The lowest BCUT2D eigenvalue weighted by Gasteiger charge is -2.17. The third kappa shape index (κ3) is 5.04. The fourth-order valence-electron chi connectivity index (χ4n) is 2.40. The lowest BCUT2D eigenvalue weighted by molar-refractivity contribution is -0.114. The molecule has 2 rings (SSSR count). The molecule has 132 valence electrons. The standard InChI is InChI=1S/C19H23N3O3/c1-5-25-19-17(10-9-12(2)20-19)18(24)21-13(3)15-7-6-8-16(11-15)22-14(4)23/h6-11,13H,5H2,1-4H3,(H,21,24)(H,22,23)/t13-/m1/s1. The normalized spacial score (nSPS) is 11.5. The van der Waals surface area contributed by atoms with Crippen molar-refractivity contribution in [2.45, 2.75) is 33.7 Å². The van der Waals surface area contributed by atoms with Gasteiger partial charge in [0, 0.05) is 18.3 Å². The molecule has 0 unspecified atom stereocenters. The van der Waals surface area contributed by atoms with Crippen molar-refractivity contribution >= 4 is 17.5 Å². The van der Waals surface area contributed by atoms with Crippen LogP contribution >= 0.6 is 0 Å². The molecule has 0 radical (unpaired) electrons. The van der Waals surface area contributed by atoms with Crippen LogP contribution in [0.1, 0.15) is 48.4 Å². The zero-order valence-electron chi connectivity index (χ0n) is 14.9. The molecule has 1 aromatic carbocycles. The molecular weight excluding hydrogens is 318 g/mol. The third-order valence-corrected chi connectivity index (χ3v) is 3.58. The van der Waals surface area contributed by atoms with Crippen molar-refractivity contribution in [3.8, 4) is 5.88 Å². The number of amides is 2. The minimum Gasteiger partial charge on any atom is -0.477 e. The van der Waals surface area contributed by atoms with Gasteiger partial charge in [0.15, 0.2) is 0 Å². The fraction of sp³-hybridized carbons (Fsp3) is 0.316. The maximum Gasteiger partial charge on any atom is 0.257 e. The Morgan fingerprint density at radius 1 is 1.24 bits per heavy atom. The number of rotatable bonds is 6. The number of ether oxygens (including phenoxy) is 1. The van der Waals surface area contributed by atoms with Crippen LogP contribution in [0.25, 0.3) is 0 Å². The van der Waals surface area contributed by atoms with Crippen molar-refractivity contribution in [2.24, 2.45) is 0 Å². The molecule has 0 fully saturated rings. The molecule has 6 heteroatoms. The van der Waals surface area contributed by atoms with Gasteiger partial charge in [0.1, 0.15) is 5.56 Å². The molecule has 2 amide bonds. The Hall–Kier alpha value is -2.89. The number of nitrogens with one attached hydrogen (secondary N) is 2. The van der Waals surface area contributed by atoms with Gasteiger partial charge in [0.2, 0.25) is 11.8 Å². The maximum atomic E-state index is 12.6. The van der Waals surface area contributed by atoms with E-state index >= 15 is 0 Å². The smallest absolute Gasteiger partial charge is 0.257 e. The van der Waals surface area contributed by atoms with Crippen LogP contribution in [0, 0.1) is 6.92 Å².